The summed E-state index contributed by atoms with van der Waals surface area (Å²) in [6.07, 6.45) is 4.17. The monoisotopic (exact) mass is 282 g/mol. The minimum atomic E-state index is 0.452. The molecule has 0 unspecified atom stereocenters. The highest BCUT2D eigenvalue weighted by molar-refractivity contribution is 5.33. The zero-order valence-corrected chi connectivity index (χ0v) is 12.5. The fourth-order valence-corrected chi connectivity index (χ4v) is 2.68. The van der Waals surface area contributed by atoms with Crippen LogP contribution in [0, 0.1) is 5.92 Å². The molecule has 0 radical (unpaired) electrons. The molecule has 0 saturated heterocycles. The second-order valence-electron chi connectivity index (χ2n) is 5.74. The summed E-state index contributed by atoms with van der Waals surface area (Å²) in [5.74, 6) is 2.60. The molecule has 3 rings (SSSR count). The lowest BCUT2D eigenvalue weighted by Crippen LogP contribution is -2.30. The van der Waals surface area contributed by atoms with Crippen LogP contribution in [-0.2, 0) is 11.3 Å². The van der Waals surface area contributed by atoms with Gasteiger partial charge < -0.3 is 9.47 Å². The molecule has 110 valence electrons. The minimum Gasteiger partial charge on any atom is -0.457 e. The maximum absolute atomic E-state index is 5.95. The molecular formula is C19H22O2. The summed E-state index contributed by atoms with van der Waals surface area (Å²) < 4.78 is 11.8. The number of hydrogen-bond acceptors (Lipinski definition) is 2. The molecule has 0 aromatic heterocycles. The van der Waals surface area contributed by atoms with Crippen molar-refractivity contribution in [3.8, 4) is 11.5 Å². The molecule has 0 N–H and O–H groups in total. The number of benzene rings is 2. The van der Waals surface area contributed by atoms with E-state index in [4.69, 9.17) is 9.47 Å². The second kappa shape index (κ2) is 6.77. The van der Waals surface area contributed by atoms with Gasteiger partial charge in [-0.2, -0.15) is 0 Å². The molecule has 1 aliphatic rings. The molecule has 0 spiro atoms. The summed E-state index contributed by atoms with van der Waals surface area (Å²) in [7, 11) is 0. The van der Waals surface area contributed by atoms with Crippen LogP contribution in [0.25, 0.3) is 0 Å². The molecule has 0 heterocycles. The van der Waals surface area contributed by atoms with Crippen LogP contribution in [-0.4, -0.2) is 6.10 Å². The Labute approximate surface area is 126 Å². The van der Waals surface area contributed by atoms with E-state index >= 15 is 0 Å². The van der Waals surface area contributed by atoms with E-state index in [9.17, 15) is 0 Å². The molecular weight excluding hydrogens is 260 g/mol. The molecule has 0 atom stereocenters. The van der Waals surface area contributed by atoms with E-state index in [1.165, 1.54) is 24.8 Å². The standard InChI is InChI=1S/C19H22O2/c1-2-15-11-19(12-15)20-14-16-7-6-10-18(13-16)21-17-8-4-3-5-9-17/h3-10,13,15,19H,2,11-12,14H2,1H3/t15-,19+. The highest BCUT2D eigenvalue weighted by Gasteiger charge is 2.27. The summed E-state index contributed by atoms with van der Waals surface area (Å²) in [6, 6.07) is 18.0. The van der Waals surface area contributed by atoms with Gasteiger partial charge in [0.1, 0.15) is 11.5 Å². The first kappa shape index (κ1) is 14.2. The minimum absolute atomic E-state index is 0.452. The van der Waals surface area contributed by atoms with Gasteiger partial charge in [0.05, 0.1) is 12.7 Å². The maximum atomic E-state index is 5.95. The Morgan fingerprint density at radius 1 is 0.952 bits per heavy atom. The molecule has 1 aliphatic carbocycles. The molecule has 0 bridgehead atoms. The lowest BCUT2D eigenvalue weighted by atomic mass is 9.80. The normalized spacial score (nSPS) is 20.8. The van der Waals surface area contributed by atoms with E-state index in [1.54, 1.807) is 0 Å². The van der Waals surface area contributed by atoms with E-state index in [1.807, 2.05) is 42.5 Å². The van der Waals surface area contributed by atoms with Crippen molar-refractivity contribution < 1.29 is 9.47 Å². The van der Waals surface area contributed by atoms with Crippen molar-refractivity contribution in [2.24, 2.45) is 5.92 Å². The van der Waals surface area contributed by atoms with E-state index in [0.29, 0.717) is 12.7 Å². The van der Waals surface area contributed by atoms with Gasteiger partial charge in [0.15, 0.2) is 0 Å². The summed E-state index contributed by atoms with van der Waals surface area (Å²) >= 11 is 0. The fourth-order valence-electron chi connectivity index (χ4n) is 2.68. The summed E-state index contributed by atoms with van der Waals surface area (Å²) in [5.41, 5.74) is 1.17. The molecule has 0 amide bonds. The van der Waals surface area contributed by atoms with Crippen LogP contribution in [0.5, 0.6) is 11.5 Å². The van der Waals surface area contributed by atoms with Crippen LogP contribution >= 0.6 is 0 Å². The quantitative estimate of drug-likeness (QED) is 0.726. The Kier molecular flexibility index (Phi) is 4.56. The molecule has 21 heavy (non-hydrogen) atoms. The Hall–Kier alpha value is -1.80. The van der Waals surface area contributed by atoms with Crippen molar-refractivity contribution in [2.45, 2.75) is 38.9 Å². The lowest BCUT2D eigenvalue weighted by molar-refractivity contribution is -0.0408. The van der Waals surface area contributed by atoms with Gasteiger partial charge in [-0.05, 0) is 48.6 Å². The lowest BCUT2D eigenvalue weighted by Gasteiger charge is -2.34. The van der Waals surface area contributed by atoms with Crippen molar-refractivity contribution in [3.05, 3.63) is 60.2 Å². The van der Waals surface area contributed by atoms with Crippen LogP contribution in [0.4, 0.5) is 0 Å². The van der Waals surface area contributed by atoms with E-state index < -0.39 is 0 Å². The Morgan fingerprint density at radius 2 is 1.71 bits per heavy atom. The van der Waals surface area contributed by atoms with Crippen molar-refractivity contribution in [1.29, 1.82) is 0 Å². The Morgan fingerprint density at radius 3 is 2.48 bits per heavy atom. The third kappa shape index (κ3) is 3.85. The summed E-state index contributed by atoms with van der Waals surface area (Å²) in [4.78, 5) is 0. The van der Waals surface area contributed by atoms with E-state index in [0.717, 1.165) is 17.4 Å². The summed E-state index contributed by atoms with van der Waals surface area (Å²) in [5, 5.41) is 0. The molecule has 1 saturated carbocycles. The van der Waals surface area contributed by atoms with Crippen molar-refractivity contribution >= 4 is 0 Å². The average molecular weight is 282 g/mol. The van der Waals surface area contributed by atoms with Crippen molar-refractivity contribution in [3.63, 3.8) is 0 Å². The molecule has 1 fully saturated rings. The van der Waals surface area contributed by atoms with Gasteiger partial charge in [-0.25, -0.2) is 0 Å². The van der Waals surface area contributed by atoms with E-state index in [-0.39, 0.29) is 0 Å². The molecule has 0 aliphatic heterocycles. The molecule has 2 nitrogen and oxygen atoms in total. The topological polar surface area (TPSA) is 18.5 Å². The highest BCUT2D eigenvalue weighted by Crippen LogP contribution is 2.33. The van der Waals surface area contributed by atoms with Gasteiger partial charge in [0.2, 0.25) is 0 Å². The van der Waals surface area contributed by atoms with Gasteiger partial charge in [-0.15, -0.1) is 0 Å². The van der Waals surface area contributed by atoms with Gasteiger partial charge >= 0.3 is 0 Å². The smallest absolute Gasteiger partial charge is 0.127 e. The molecule has 2 aromatic carbocycles. The van der Waals surface area contributed by atoms with Crippen LogP contribution < -0.4 is 4.74 Å². The van der Waals surface area contributed by atoms with Gasteiger partial charge in [-0.3, -0.25) is 0 Å². The van der Waals surface area contributed by atoms with Crippen molar-refractivity contribution in [1.82, 2.24) is 0 Å². The Balaban J connectivity index is 1.54. The van der Waals surface area contributed by atoms with Crippen LogP contribution in [0.1, 0.15) is 31.7 Å². The highest BCUT2D eigenvalue weighted by atomic mass is 16.5. The SMILES string of the molecule is CC[C@H]1C[C@@H](OCc2cccc(Oc3ccccc3)c2)C1. The third-order valence-electron chi connectivity index (χ3n) is 4.13. The molecule has 2 heteroatoms. The number of para-hydroxylation sites is 1. The first-order chi connectivity index (χ1) is 10.3. The Bertz CT molecular complexity index is 559. The molecule has 2 aromatic rings. The first-order valence-corrected chi connectivity index (χ1v) is 7.77. The zero-order valence-electron chi connectivity index (χ0n) is 12.5. The second-order valence-corrected chi connectivity index (χ2v) is 5.74. The number of hydrogen-bond donors (Lipinski definition) is 0. The van der Waals surface area contributed by atoms with Gasteiger partial charge in [-0.1, -0.05) is 43.7 Å². The largest absolute Gasteiger partial charge is 0.457 e. The van der Waals surface area contributed by atoms with Gasteiger partial charge in [0, 0.05) is 0 Å². The number of rotatable bonds is 6. The predicted molar refractivity (Wildman–Crippen MR) is 84.6 cm³/mol. The van der Waals surface area contributed by atoms with Crippen LogP contribution in [0.2, 0.25) is 0 Å². The average Bonchev–Trinajstić information content (AvgIpc) is 2.47. The van der Waals surface area contributed by atoms with Crippen LogP contribution in [0.15, 0.2) is 54.6 Å². The first-order valence-electron chi connectivity index (χ1n) is 7.77. The maximum Gasteiger partial charge on any atom is 0.127 e. The predicted octanol–water partition coefficient (Wildman–Crippen LogP) is 5.18. The summed E-state index contributed by atoms with van der Waals surface area (Å²) in [6.45, 7) is 2.93. The van der Waals surface area contributed by atoms with Gasteiger partial charge in [0.25, 0.3) is 0 Å². The van der Waals surface area contributed by atoms with Crippen LogP contribution in [0.3, 0.4) is 0 Å². The number of ether oxygens (including phenoxy) is 2. The van der Waals surface area contributed by atoms with E-state index in [2.05, 4.69) is 19.1 Å². The van der Waals surface area contributed by atoms with Crippen molar-refractivity contribution in [2.75, 3.05) is 0 Å². The third-order valence-corrected chi connectivity index (χ3v) is 4.13. The zero-order chi connectivity index (χ0) is 14.5. The fraction of sp³-hybridized carbons (Fsp3) is 0.368.